The Morgan fingerprint density at radius 1 is 1.14 bits per heavy atom. The molecule has 0 atom stereocenters. The van der Waals surface area contributed by atoms with E-state index in [4.69, 9.17) is 9.84 Å². The van der Waals surface area contributed by atoms with Crippen LogP contribution in [0.25, 0.3) is 0 Å². The number of hydrogen-bond acceptors (Lipinski definition) is 3. The second kappa shape index (κ2) is 7.41. The fourth-order valence-corrected chi connectivity index (χ4v) is 3.72. The molecule has 0 saturated heterocycles. The lowest BCUT2D eigenvalue weighted by Gasteiger charge is -2.28. The summed E-state index contributed by atoms with van der Waals surface area (Å²) in [5.74, 6) is 0. The summed E-state index contributed by atoms with van der Waals surface area (Å²) in [6.45, 7) is 0.675. The summed E-state index contributed by atoms with van der Waals surface area (Å²) in [6.07, 6.45) is 14.1. The minimum absolute atomic E-state index is 0.425. The highest BCUT2D eigenvalue weighted by molar-refractivity contribution is 4.98. The van der Waals surface area contributed by atoms with E-state index < -0.39 is 0 Å². The van der Waals surface area contributed by atoms with Crippen molar-refractivity contribution in [2.75, 3.05) is 7.05 Å². The van der Waals surface area contributed by atoms with Gasteiger partial charge in [0.2, 0.25) is 0 Å². The van der Waals surface area contributed by atoms with Crippen LogP contribution in [0, 0.1) is 0 Å². The fourth-order valence-electron chi connectivity index (χ4n) is 3.72. The Morgan fingerprint density at radius 2 is 1.90 bits per heavy atom. The number of aromatic nitrogens is 2. The van der Waals surface area contributed by atoms with E-state index in [2.05, 4.69) is 29.3 Å². The first-order valence-electron chi connectivity index (χ1n) is 8.68. The van der Waals surface area contributed by atoms with Crippen molar-refractivity contribution < 1.29 is 4.74 Å². The van der Waals surface area contributed by atoms with Gasteiger partial charge in [-0.05, 0) is 51.6 Å². The highest BCUT2D eigenvalue weighted by Gasteiger charge is 2.21. The molecule has 2 saturated carbocycles. The van der Waals surface area contributed by atoms with Crippen molar-refractivity contribution in [1.82, 2.24) is 15.1 Å². The lowest BCUT2D eigenvalue weighted by Crippen LogP contribution is -2.32. The minimum atomic E-state index is 0.425. The Kier molecular flexibility index (Phi) is 5.31. The monoisotopic (exact) mass is 291 g/mol. The van der Waals surface area contributed by atoms with Crippen molar-refractivity contribution in [2.45, 2.75) is 82.6 Å². The molecule has 2 aliphatic carbocycles. The Morgan fingerprint density at radius 3 is 2.62 bits per heavy atom. The zero-order valence-corrected chi connectivity index (χ0v) is 13.3. The molecule has 0 aromatic carbocycles. The van der Waals surface area contributed by atoms with Gasteiger partial charge in [0.05, 0.1) is 24.4 Å². The molecular weight excluding hydrogens is 262 g/mol. The van der Waals surface area contributed by atoms with Gasteiger partial charge in [-0.1, -0.05) is 19.3 Å². The van der Waals surface area contributed by atoms with Crippen LogP contribution in [0.5, 0.6) is 0 Å². The third kappa shape index (κ3) is 4.07. The van der Waals surface area contributed by atoms with E-state index in [9.17, 15) is 0 Å². The second-order valence-corrected chi connectivity index (χ2v) is 6.65. The molecule has 0 spiro atoms. The summed E-state index contributed by atoms with van der Waals surface area (Å²) in [7, 11) is 2.06. The number of nitrogens with one attached hydrogen (secondary N) is 1. The van der Waals surface area contributed by atoms with Crippen LogP contribution in [-0.4, -0.2) is 29.0 Å². The van der Waals surface area contributed by atoms with Gasteiger partial charge in [0, 0.05) is 12.2 Å². The largest absolute Gasteiger partial charge is 0.372 e. The molecule has 1 N–H and O–H groups in total. The van der Waals surface area contributed by atoms with Crippen LogP contribution >= 0.6 is 0 Å². The molecule has 0 bridgehead atoms. The van der Waals surface area contributed by atoms with Crippen LogP contribution in [0.3, 0.4) is 0 Å². The van der Waals surface area contributed by atoms with Gasteiger partial charge in [-0.15, -0.1) is 0 Å². The van der Waals surface area contributed by atoms with Gasteiger partial charge >= 0.3 is 0 Å². The third-order valence-corrected chi connectivity index (χ3v) is 5.16. The number of rotatable bonds is 5. The van der Waals surface area contributed by atoms with E-state index in [1.165, 1.54) is 57.8 Å². The van der Waals surface area contributed by atoms with E-state index in [0.717, 1.165) is 5.69 Å². The van der Waals surface area contributed by atoms with Crippen LogP contribution in [0.15, 0.2) is 12.3 Å². The predicted octanol–water partition coefficient (Wildman–Crippen LogP) is 3.44. The summed E-state index contributed by atoms with van der Waals surface area (Å²) in [6, 6.07) is 3.45. The van der Waals surface area contributed by atoms with Crippen molar-refractivity contribution in [3.8, 4) is 0 Å². The predicted molar refractivity (Wildman–Crippen MR) is 84.2 cm³/mol. The first-order chi connectivity index (χ1) is 10.3. The average Bonchev–Trinajstić information content (AvgIpc) is 3.03. The zero-order chi connectivity index (χ0) is 14.5. The molecule has 1 aromatic heterocycles. The van der Waals surface area contributed by atoms with Crippen LogP contribution in [0.1, 0.15) is 69.5 Å². The van der Waals surface area contributed by atoms with E-state index in [1.54, 1.807) is 0 Å². The van der Waals surface area contributed by atoms with Crippen LogP contribution in [0.4, 0.5) is 0 Å². The molecule has 118 valence electrons. The number of ether oxygens (including phenoxy) is 1. The lowest BCUT2D eigenvalue weighted by molar-refractivity contribution is 0.00999. The molecule has 0 unspecified atom stereocenters. The van der Waals surface area contributed by atoms with Gasteiger partial charge in [-0.25, -0.2) is 0 Å². The molecule has 2 fully saturated rings. The molecule has 2 aliphatic rings. The smallest absolute Gasteiger partial charge is 0.0910 e. The first-order valence-corrected chi connectivity index (χ1v) is 8.68. The Labute approximate surface area is 128 Å². The van der Waals surface area contributed by atoms with E-state index in [0.29, 0.717) is 24.8 Å². The molecule has 0 radical (unpaired) electrons. The molecule has 4 nitrogen and oxygen atoms in total. The summed E-state index contributed by atoms with van der Waals surface area (Å²) in [5, 5.41) is 8.10. The lowest BCUT2D eigenvalue weighted by atomic mass is 9.93. The maximum absolute atomic E-state index is 6.06. The maximum atomic E-state index is 6.06. The van der Waals surface area contributed by atoms with Crippen LogP contribution in [-0.2, 0) is 11.3 Å². The number of nitrogens with zero attached hydrogens (tertiary/aromatic N) is 2. The first kappa shape index (κ1) is 15.0. The molecule has 1 aromatic rings. The Balaban J connectivity index is 1.44. The van der Waals surface area contributed by atoms with E-state index >= 15 is 0 Å². The molecule has 4 heteroatoms. The van der Waals surface area contributed by atoms with Gasteiger partial charge in [-0.2, -0.15) is 5.10 Å². The summed E-state index contributed by atoms with van der Waals surface area (Å²) in [5.41, 5.74) is 1.09. The average molecular weight is 291 g/mol. The summed E-state index contributed by atoms with van der Waals surface area (Å²) in [4.78, 5) is 0. The molecule has 0 amide bonds. The van der Waals surface area contributed by atoms with Gasteiger partial charge in [0.25, 0.3) is 0 Å². The van der Waals surface area contributed by atoms with Gasteiger partial charge in [-0.3, -0.25) is 4.68 Å². The minimum Gasteiger partial charge on any atom is -0.372 e. The highest BCUT2D eigenvalue weighted by atomic mass is 16.5. The molecule has 21 heavy (non-hydrogen) atoms. The van der Waals surface area contributed by atoms with Crippen molar-refractivity contribution in [3.05, 3.63) is 18.0 Å². The zero-order valence-electron chi connectivity index (χ0n) is 13.3. The number of hydrogen-bond donors (Lipinski definition) is 1. The molecule has 3 rings (SSSR count). The fraction of sp³-hybridized carbons (Fsp3) is 0.824. The van der Waals surface area contributed by atoms with Crippen LogP contribution < -0.4 is 5.32 Å². The van der Waals surface area contributed by atoms with E-state index in [-0.39, 0.29) is 0 Å². The molecule has 1 heterocycles. The Bertz CT molecular complexity index is 417. The second-order valence-electron chi connectivity index (χ2n) is 6.65. The van der Waals surface area contributed by atoms with Gasteiger partial charge < -0.3 is 10.1 Å². The van der Waals surface area contributed by atoms with Crippen molar-refractivity contribution >= 4 is 0 Å². The third-order valence-electron chi connectivity index (χ3n) is 5.16. The van der Waals surface area contributed by atoms with Crippen molar-refractivity contribution in [1.29, 1.82) is 0 Å². The van der Waals surface area contributed by atoms with Crippen molar-refractivity contribution in [3.63, 3.8) is 0 Å². The van der Waals surface area contributed by atoms with Crippen LogP contribution in [0.2, 0.25) is 0 Å². The summed E-state index contributed by atoms with van der Waals surface area (Å²) < 4.78 is 8.24. The Hall–Kier alpha value is -0.870. The topological polar surface area (TPSA) is 39.1 Å². The SMILES string of the molecule is CNC1CCC(OCc2ccn(C3CCCCC3)n2)CC1. The normalized spacial score (nSPS) is 27.9. The standard InChI is InChI=1S/C17H29N3O/c1-18-14-7-9-17(10-8-14)21-13-15-11-12-20(19-15)16-5-3-2-4-6-16/h11-12,14,16-18H,2-10,13H2,1H3. The highest BCUT2D eigenvalue weighted by Crippen LogP contribution is 2.27. The maximum Gasteiger partial charge on any atom is 0.0910 e. The quantitative estimate of drug-likeness (QED) is 0.903. The molecular formula is C17H29N3O. The van der Waals surface area contributed by atoms with E-state index in [1.807, 2.05) is 0 Å². The van der Waals surface area contributed by atoms with Gasteiger partial charge in [0.15, 0.2) is 0 Å². The summed E-state index contributed by atoms with van der Waals surface area (Å²) >= 11 is 0. The van der Waals surface area contributed by atoms with Crippen molar-refractivity contribution in [2.24, 2.45) is 0 Å². The molecule has 0 aliphatic heterocycles. The van der Waals surface area contributed by atoms with Gasteiger partial charge in [0.1, 0.15) is 0 Å².